The summed E-state index contributed by atoms with van der Waals surface area (Å²) in [6.45, 7) is 1.70. The lowest BCUT2D eigenvalue weighted by atomic mass is 9.72. The third kappa shape index (κ3) is 3.59. The van der Waals surface area contributed by atoms with E-state index in [2.05, 4.69) is 10.5 Å². The van der Waals surface area contributed by atoms with Crippen molar-refractivity contribution in [2.75, 3.05) is 0 Å². The average molecular weight is 270 g/mol. The molecule has 1 saturated carbocycles. The Morgan fingerprint density at radius 2 is 1.89 bits per heavy atom. The van der Waals surface area contributed by atoms with Gasteiger partial charge in [-0.15, -0.1) is 0 Å². The normalized spacial score (nSPS) is 20.6. The molecule has 1 atom stereocenters. The van der Waals surface area contributed by atoms with Gasteiger partial charge in [0.15, 0.2) is 5.84 Å². The Kier molecular flexibility index (Phi) is 5.14. The molecule has 0 bridgehead atoms. The zero-order valence-corrected chi connectivity index (χ0v) is 11.2. The van der Waals surface area contributed by atoms with Crippen LogP contribution in [0.2, 0.25) is 0 Å². The Labute approximate surface area is 112 Å². The van der Waals surface area contributed by atoms with E-state index in [1.54, 1.807) is 6.92 Å². The van der Waals surface area contributed by atoms with E-state index in [0.29, 0.717) is 12.8 Å². The number of amides is 2. The summed E-state index contributed by atoms with van der Waals surface area (Å²) < 4.78 is 0. The second-order valence-corrected chi connectivity index (χ2v) is 5.17. The molecule has 7 nitrogen and oxygen atoms in total. The molecule has 0 heterocycles. The molecule has 7 heteroatoms. The molecule has 1 unspecified atom stereocenters. The molecule has 1 aliphatic rings. The van der Waals surface area contributed by atoms with E-state index in [1.165, 1.54) is 0 Å². The first-order chi connectivity index (χ1) is 8.92. The van der Waals surface area contributed by atoms with Crippen molar-refractivity contribution in [1.82, 2.24) is 5.32 Å². The van der Waals surface area contributed by atoms with Gasteiger partial charge in [-0.05, 0) is 19.8 Å². The van der Waals surface area contributed by atoms with E-state index >= 15 is 0 Å². The van der Waals surface area contributed by atoms with Gasteiger partial charge >= 0.3 is 0 Å². The Morgan fingerprint density at radius 1 is 1.32 bits per heavy atom. The van der Waals surface area contributed by atoms with Gasteiger partial charge in [0, 0.05) is 12.5 Å². The number of nitrogens with two attached hydrogens (primary N) is 2. The lowest BCUT2D eigenvalue weighted by molar-refractivity contribution is -0.129. The molecule has 0 spiro atoms. The highest BCUT2D eigenvalue weighted by atomic mass is 16.4. The highest BCUT2D eigenvalue weighted by Crippen LogP contribution is 2.37. The molecular weight excluding hydrogens is 248 g/mol. The van der Waals surface area contributed by atoms with Crippen molar-refractivity contribution in [1.29, 1.82) is 0 Å². The van der Waals surface area contributed by atoms with E-state index in [0.717, 1.165) is 19.3 Å². The van der Waals surface area contributed by atoms with E-state index in [9.17, 15) is 9.59 Å². The van der Waals surface area contributed by atoms with Crippen LogP contribution in [0.5, 0.6) is 0 Å². The van der Waals surface area contributed by atoms with E-state index in [1.807, 2.05) is 0 Å². The van der Waals surface area contributed by atoms with Crippen molar-refractivity contribution >= 4 is 17.6 Å². The third-order valence-corrected chi connectivity index (χ3v) is 3.62. The summed E-state index contributed by atoms with van der Waals surface area (Å²) in [4.78, 5) is 23.2. The van der Waals surface area contributed by atoms with Crippen LogP contribution in [0, 0.1) is 5.41 Å². The standard InChI is InChI=1S/C12H22N4O3/c1-8(7-9(13)17)15-11(18)12(10(14)16-19)5-3-2-4-6-12/h8,19H,2-7H2,1H3,(H2,13,17)(H2,14,16)(H,15,18). The molecular formula is C12H22N4O3. The minimum atomic E-state index is -0.959. The van der Waals surface area contributed by atoms with E-state index in [4.69, 9.17) is 16.7 Å². The number of primary amides is 1. The summed E-state index contributed by atoms with van der Waals surface area (Å²) in [6.07, 6.45) is 3.92. The molecule has 6 N–H and O–H groups in total. The first-order valence-corrected chi connectivity index (χ1v) is 6.49. The van der Waals surface area contributed by atoms with Crippen LogP contribution in [0.15, 0.2) is 5.16 Å². The van der Waals surface area contributed by atoms with Gasteiger partial charge in [-0.1, -0.05) is 24.4 Å². The number of oxime groups is 1. The highest BCUT2D eigenvalue weighted by Gasteiger charge is 2.44. The molecule has 0 aliphatic heterocycles. The number of carbonyl (C=O) groups excluding carboxylic acids is 2. The molecule has 108 valence electrons. The number of nitrogens with one attached hydrogen (secondary N) is 1. The van der Waals surface area contributed by atoms with Gasteiger partial charge in [-0.25, -0.2) is 0 Å². The Hall–Kier alpha value is -1.79. The van der Waals surface area contributed by atoms with Crippen molar-refractivity contribution in [2.45, 2.75) is 51.5 Å². The maximum atomic E-state index is 12.4. The van der Waals surface area contributed by atoms with E-state index in [-0.39, 0.29) is 24.2 Å². The maximum Gasteiger partial charge on any atom is 0.234 e. The van der Waals surface area contributed by atoms with Crippen molar-refractivity contribution in [3.63, 3.8) is 0 Å². The largest absolute Gasteiger partial charge is 0.409 e. The van der Waals surface area contributed by atoms with Gasteiger partial charge in [0.05, 0.1) is 0 Å². The molecule has 1 rings (SSSR count). The first kappa shape index (κ1) is 15.3. The summed E-state index contributed by atoms with van der Waals surface area (Å²) in [7, 11) is 0. The van der Waals surface area contributed by atoms with Crippen molar-refractivity contribution in [3.8, 4) is 0 Å². The fourth-order valence-electron chi connectivity index (χ4n) is 2.57. The third-order valence-electron chi connectivity index (χ3n) is 3.62. The van der Waals surface area contributed by atoms with Crippen LogP contribution in [-0.4, -0.2) is 28.9 Å². The summed E-state index contributed by atoms with van der Waals surface area (Å²) in [5.74, 6) is -0.832. The number of hydrogen-bond acceptors (Lipinski definition) is 4. The predicted octanol–water partition coefficient (Wildman–Crippen LogP) is 0.0634. The number of nitrogens with zero attached hydrogens (tertiary/aromatic N) is 1. The molecule has 1 aliphatic carbocycles. The smallest absolute Gasteiger partial charge is 0.234 e. The lowest BCUT2D eigenvalue weighted by Gasteiger charge is -2.35. The molecule has 0 aromatic carbocycles. The zero-order chi connectivity index (χ0) is 14.5. The average Bonchev–Trinajstić information content (AvgIpc) is 2.37. The fourth-order valence-corrected chi connectivity index (χ4v) is 2.57. The van der Waals surface area contributed by atoms with Crippen LogP contribution in [0.4, 0.5) is 0 Å². The van der Waals surface area contributed by atoms with Gasteiger partial charge < -0.3 is 22.0 Å². The SMILES string of the molecule is CC(CC(N)=O)NC(=O)C1(C(N)=NO)CCCCC1. The van der Waals surface area contributed by atoms with Crippen molar-refractivity contribution in [2.24, 2.45) is 22.0 Å². The Bertz CT molecular complexity index is 375. The number of carbonyl (C=O) groups is 2. The van der Waals surface area contributed by atoms with Crippen LogP contribution in [0.25, 0.3) is 0 Å². The van der Waals surface area contributed by atoms with E-state index < -0.39 is 11.3 Å². The predicted molar refractivity (Wildman–Crippen MR) is 70.3 cm³/mol. The Morgan fingerprint density at radius 3 is 2.37 bits per heavy atom. The highest BCUT2D eigenvalue weighted by molar-refractivity contribution is 6.07. The molecule has 0 saturated heterocycles. The maximum absolute atomic E-state index is 12.4. The zero-order valence-electron chi connectivity index (χ0n) is 11.2. The second-order valence-electron chi connectivity index (χ2n) is 5.17. The van der Waals surface area contributed by atoms with Gasteiger partial charge in [-0.2, -0.15) is 0 Å². The first-order valence-electron chi connectivity index (χ1n) is 6.49. The minimum absolute atomic E-state index is 0.0593. The molecule has 0 aromatic rings. The van der Waals surface area contributed by atoms with Crippen molar-refractivity contribution < 1.29 is 14.8 Å². The van der Waals surface area contributed by atoms with Crippen molar-refractivity contribution in [3.05, 3.63) is 0 Å². The number of amidine groups is 1. The number of hydrogen-bond donors (Lipinski definition) is 4. The summed E-state index contributed by atoms with van der Waals surface area (Å²) in [5.41, 5.74) is 9.84. The Balaban J connectivity index is 2.81. The monoisotopic (exact) mass is 270 g/mol. The van der Waals surface area contributed by atoms with Crippen LogP contribution in [-0.2, 0) is 9.59 Å². The minimum Gasteiger partial charge on any atom is -0.409 e. The molecule has 2 amide bonds. The second kappa shape index (κ2) is 6.40. The summed E-state index contributed by atoms with van der Waals surface area (Å²) in [5, 5.41) is 14.6. The van der Waals surface area contributed by atoms with Crippen LogP contribution < -0.4 is 16.8 Å². The van der Waals surface area contributed by atoms with Gasteiger partial charge in [-0.3, -0.25) is 9.59 Å². The topological polar surface area (TPSA) is 131 Å². The molecule has 0 radical (unpaired) electrons. The molecule has 1 fully saturated rings. The summed E-state index contributed by atoms with van der Waals surface area (Å²) in [6, 6.07) is -0.365. The lowest BCUT2D eigenvalue weighted by Crippen LogP contribution is -2.53. The van der Waals surface area contributed by atoms with Crippen LogP contribution in [0.3, 0.4) is 0 Å². The summed E-state index contributed by atoms with van der Waals surface area (Å²) >= 11 is 0. The van der Waals surface area contributed by atoms with Gasteiger partial charge in [0.25, 0.3) is 0 Å². The van der Waals surface area contributed by atoms with Gasteiger partial charge in [0.2, 0.25) is 11.8 Å². The molecule has 0 aromatic heterocycles. The van der Waals surface area contributed by atoms with Crippen LogP contribution in [0.1, 0.15) is 45.4 Å². The van der Waals surface area contributed by atoms with Gasteiger partial charge in [0.1, 0.15) is 5.41 Å². The number of rotatable bonds is 5. The quantitative estimate of drug-likeness (QED) is 0.243. The molecule has 19 heavy (non-hydrogen) atoms. The fraction of sp³-hybridized carbons (Fsp3) is 0.750. The van der Waals surface area contributed by atoms with Crippen LogP contribution >= 0.6 is 0 Å².